The van der Waals surface area contributed by atoms with Gasteiger partial charge in [0.15, 0.2) is 0 Å². The standard InChI is InChI=1S/C17H18N2O4S/c1-23-16-7-6-14(24(18,21)22)10-15(16)17(20)19-9-8-12-4-2-3-5-13(12)11-19/h2-7,10H,8-9,11H2,1H3,(H2,18,21,22). The molecule has 1 heterocycles. The minimum atomic E-state index is -3.89. The summed E-state index contributed by atoms with van der Waals surface area (Å²) in [7, 11) is -2.45. The van der Waals surface area contributed by atoms with E-state index < -0.39 is 10.0 Å². The molecule has 0 unspecified atom stereocenters. The Morgan fingerprint density at radius 3 is 2.54 bits per heavy atom. The lowest BCUT2D eigenvalue weighted by molar-refractivity contribution is 0.0731. The highest BCUT2D eigenvalue weighted by atomic mass is 32.2. The van der Waals surface area contributed by atoms with Gasteiger partial charge in [0.05, 0.1) is 17.6 Å². The van der Waals surface area contributed by atoms with Gasteiger partial charge in [0.25, 0.3) is 5.91 Å². The van der Waals surface area contributed by atoms with Crippen LogP contribution in [-0.2, 0) is 23.0 Å². The monoisotopic (exact) mass is 346 g/mol. The Morgan fingerprint density at radius 2 is 1.88 bits per heavy atom. The fraction of sp³-hybridized carbons (Fsp3) is 0.235. The predicted molar refractivity (Wildman–Crippen MR) is 89.3 cm³/mol. The van der Waals surface area contributed by atoms with Crippen LogP contribution >= 0.6 is 0 Å². The maximum absolute atomic E-state index is 12.9. The van der Waals surface area contributed by atoms with E-state index in [-0.39, 0.29) is 16.4 Å². The van der Waals surface area contributed by atoms with E-state index in [1.54, 1.807) is 4.90 Å². The molecule has 1 amide bonds. The van der Waals surface area contributed by atoms with Crippen molar-refractivity contribution >= 4 is 15.9 Å². The highest BCUT2D eigenvalue weighted by Crippen LogP contribution is 2.26. The Balaban J connectivity index is 1.95. The van der Waals surface area contributed by atoms with Crippen LogP contribution in [0, 0.1) is 0 Å². The van der Waals surface area contributed by atoms with Crippen LogP contribution in [-0.4, -0.2) is 32.9 Å². The lowest BCUT2D eigenvalue weighted by Crippen LogP contribution is -2.36. The first-order valence-corrected chi connectivity index (χ1v) is 9.01. The molecule has 2 aromatic carbocycles. The molecule has 24 heavy (non-hydrogen) atoms. The molecule has 0 fully saturated rings. The summed E-state index contributed by atoms with van der Waals surface area (Å²) < 4.78 is 28.3. The second-order valence-electron chi connectivity index (χ2n) is 5.65. The van der Waals surface area contributed by atoms with E-state index in [2.05, 4.69) is 6.07 Å². The summed E-state index contributed by atoms with van der Waals surface area (Å²) in [6.45, 7) is 1.05. The summed E-state index contributed by atoms with van der Waals surface area (Å²) >= 11 is 0. The number of ether oxygens (including phenoxy) is 1. The van der Waals surface area contributed by atoms with E-state index in [0.29, 0.717) is 18.8 Å². The molecule has 0 bridgehead atoms. The van der Waals surface area contributed by atoms with Gasteiger partial charge in [-0.25, -0.2) is 13.6 Å². The third kappa shape index (κ3) is 3.13. The van der Waals surface area contributed by atoms with Gasteiger partial charge in [-0.1, -0.05) is 24.3 Å². The zero-order valence-electron chi connectivity index (χ0n) is 13.2. The SMILES string of the molecule is COc1ccc(S(N)(=O)=O)cc1C(=O)N1CCc2ccccc2C1. The number of fused-ring (bicyclic) bond motifs is 1. The number of benzene rings is 2. The third-order valence-corrected chi connectivity index (χ3v) is 5.06. The number of methoxy groups -OCH3 is 1. The molecule has 0 spiro atoms. The van der Waals surface area contributed by atoms with Crippen LogP contribution in [0.3, 0.4) is 0 Å². The van der Waals surface area contributed by atoms with E-state index in [9.17, 15) is 13.2 Å². The van der Waals surface area contributed by atoms with Gasteiger partial charge in [-0.05, 0) is 35.7 Å². The fourth-order valence-electron chi connectivity index (χ4n) is 2.87. The van der Waals surface area contributed by atoms with Crippen LogP contribution < -0.4 is 9.88 Å². The number of nitrogens with two attached hydrogens (primary N) is 1. The minimum Gasteiger partial charge on any atom is -0.496 e. The Bertz CT molecular complexity index is 893. The molecule has 3 rings (SSSR count). The largest absolute Gasteiger partial charge is 0.496 e. The lowest BCUT2D eigenvalue weighted by Gasteiger charge is -2.29. The molecule has 1 aliphatic rings. The zero-order chi connectivity index (χ0) is 17.3. The number of primary sulfonamides is 1. The van der Waals surface area contributed by atoms with Crippen molar-refractivity contribution < 1.29 is 17.9 Å². The first kappa shape index (κ1) is 16.5. The summed E-state index contributed by atoms with van der Waals surface area (Å²) in [5.41, 5.74) is 2.52. The van der Waals surface area contributed by atoms with Crippen molar-refractivity contribution in [2.45, 2.75) is 17.9 Å². The van der Waals surface area contributed by atoms with Crippen molar-refractivity contribution in [3.63, 3.8) is 0 Å². The summed E-state index contributed by atoms with van der Waals surface area (Å²) in [6.07, 6.45) is 0.763. The van der Waals surface area contributed by atoms with E-state index in [0.717, 1.165) is 12.0 Å². The van der Waals surface area contributed by atoms with Crippen molar-refractivity contribution in [3.05, 3.63) is 59.2 Å². The fourth-order valence-corrected chi connectivity index (χ4v) is 3.41. The van der Waals surface area contributed by atoms with Gasteiger partial charge in [-0.15, -0.1) is 0 Å². The van der Waals surface area contributed by atoms with Gasteiger partial charge in [0.2, 0.25) is 10.0 Å². The second kappa shape index (κ2) is 6.26. The van der Waals surface area contributed by atoms with Crippen LogP contribution in [0.5, 0.6) is 5.75 Å². The molecule has 126 valence electrons. The van der Waals surface area contributed by atoms with Crippen molar-refractivity contribution in [2.75, 3.05) is 13.7 Å². The van der Waals surface area contributed by atoms with Gasteiger partial charge in [-0.2, -0.15) is 0 Å². The number of nitrogens with zero attached hydrogens (tertiary/aromatic N) is 1. The number of hydrogen-bond acceptors (Lipinski definition) is 4. The topological polar surface area (TPSA) is 89.7 Å². The number of rotatable bonds is 3. The van der Waals surface area contributed by atoms with Crippen LogP contribution in [0.25, 0.3) is 0 Å². The molecule has 0 atom stereocenters. The number of hydrogen-bond donors (Lipinski definition) is 1. The van der Waals surface area contributed by atoms with Crippen LogP contribution in [0.2, 0.25) is 0 Å². The van der Waals surface area contributed by atoms with Crippen molar-refractivity contribution in [1.29, 1.82) is 0 Å². The van der Waals surface area contributed by atoms with Gasteiger partial charge in [-0.3, -0.25) is 4.79 Å². The molecule has 2 aromatic rings. The summed E-state index contributed by atoms with van der Waals surface area (Å²) in [6, 6.07) is 12.0. The van der Waals surface area contributed by atoms with Crippen molar-refractivity contribution in [2.24, 2.45) is 5.14 Å². The summed E-state index contributed by atoms with van der Waals surface area (Å²) in [4.78, 5) is 14.5. The molecule has 2 N–H and O–H groups in total. The number of carbonyl (C=O) groups excluding carboxylic acids is 1. The molecule has 0 aliphatic carbocycles. The Morgan fingerprint density at radius 1 is 1.17 bits per heavy atom. The first-order chi connectivity index (χ1) is 11.4. The molecule has 0 saturated heterocycles. The maximum Gasteiger partial charge on any atom is 0.257 e. The average molecular weight is 346 g/mol. The second-order valence-corrected chi connectivity index (χ2v) is 7.21. The molecule has 0 aromatic heterocycles. The normalized spacial score (nSPS) is 14.2. The molecule has 0 saturated carbocycles. The molecule has 1 aliphatic heterocycles. The number of carbonyl (C=O) groups is 1. The van der Waals surface area contributed by atoms with E-state index in [1.807, 2.05) is 18.2 Å². The first-order valence-electron chi connectivity index (χ1n) is 7.47. The molecule has 0 radical (unpaired) electrons. The third-order valence-electron chi connectivity index (χ3n) is 4.15. The van der Waals surface area contributed by atoms with E-state index in [4.69, 9.17) is 9.88 Å². The van der Waals surface area contributed by atoms with Crippen LogP contribution in [0.4, 0.5) is 0 Å². The van der Waals surface area contributed by atoms with Crippen LogP contribution in [0.1, 0.15) is 21.5 Å². The lowest BCUT2D eigenvalue weighted by atomic mass is 9.99. The van der Waals surface area contributed by atoms with E-state index in [1.165, 1.54) is 30.9 Å². The Kier molecular flexibility index (Phi) is 4.29. The van der Waals surface area contributed by atoms with Gasteiger partial charge >= 0.3 is 0 Å². The predicted octanol–water partition coefficient (Wildman–Crippen LogP) is 1.54. The van der Waals surface area contributed by atoms with Gasteiger partial charge in [0, 0.05) is 13.1 Å². The number of sulfonamides is 1. The van der Waals surface area contributed by atoms with Crippen molar-refractivity contribution in [1.82, 2.24) is 4.90 Å². The highest BCUT2D eigenvalue weighted by Gasteiger charge is 2.25. The molecule has 6 nitrogen and oxygen atoms in total. The van der Waals surface area contributed by atoms with Gasteiger partial charge < -0.3 is 9.64 Å². The van der Waals surface area contributed by atoms with Crippen molar-refractivity contribution in [3.8, 4) is 5.75 Å². The van der Waals surface area contributed by atoms with Gasteiger partial charge in [0.1, 0.15) is 5.75 Å². The quantitative estimate of drug-likeness (QED) is 0.913. The Hall–Kier alpha value is -2.38. The smallest absolute Gasteiger partial charge is 0.257 e. The molecule has 7 heteroatoms. The summed E-state index contributed by atoms with van der Waals surface area (Å²) in [5.74, 6) is 0.0538. The average Bonchev–Trinajstić information content (AvgIpc) is 2.59. The minimum absolute atomic E-state index is 0.107. The van der Waals surface area contributed by atoms with E-state index >= 15 is 0 Å². The highest BCUT2D eigenvalue weighted by molar-refractivity contribution is 7.89. The number of amides is 1. The molecular formula is C17H18N2O4S. The zero-order valence-corrected chi connectivity index (χ0v) is 14.0. The molecular weight excluding hydrogens is 328 g/mol. The Labute approximate surface area is 140 Å². The maximum atomic E-state index is 12.9. The van der Waals surface area contributed by atoms with Crippen LogP contribution in [0.15, 0.2) is 47.4 Å². The summed E-state index contributed by atoms with van der Waals surface area (Å²) in [5, 5.41) is 5.17.